The van der Waals surface area contributed by atoms with E-state index in [2.05, 4.69) is 0 Å². The Hall–Kier alpha value is -0.0900. The van der Waals surface area contributed by atoms with Crippen molar-refractivity contribution in [1.29, 1.82) is 0 Å². The number of hydrogen-bond acceptors (Lipinski definition) is 9. The van der Waals surface area contributed by atoms with Gasteiger partial charge in [-0.05, 0) is 41.5 Å². The van der Waals surface area contributed by atoms with Crippen LogP contribution >= 0.6 is 7.82 Å². The molecular formula is C18H35NO8P-. The third-order valence-corrected chi connectivity index (χ3v) is 5.72. The summed E-state index contributed by atoms with van der Waals surface area (Å²) in [6.07, 6.45) is -1.87. The maximum Gasteiger partial charge on any atom is 0.268 e. The molecule has 2 aliphatic heterocycles. The largest absolute Gasteiger partial charge is 0.756 e. The molecule has 0 aromatic carbocycles. The average molecular weight is 424 g/mol. The van der Waals surface area contributed by atoms with Crippen LogP contribution in [0.1, 0.15) is 48.0 Å². The zero-order chi connectivity index (χ0) is 21.1. The van der Waals surface area contributed by atoms with Crippen molar-refractivity contribution in [3.63, 3.8) is 0 Å². The zero-order valence-corrected chi connectivity index (χ0v) is 18.5. The van der Waals surface area contributed by atoms with Crippen LogP contribution in [0, 0.1) is 0 Å². The summed E-state index contributed by atoms with van der Waals surface area (Å²) >= 11 is 0. The van der Waals surface area contributed by atoms with Crippen molar-refractivity contribution in [3.05, 3.63) is 0 Å². The van der Waals surface area contributed by atoms with E-state index in [1.165, 1.54) is 0 Å². The Morgan fingerprint density at radius 2 is 1.79 bits per heavy atom. The van der Waals surface area contributed by atoms with E-state index >= 15 is 0 Å². The van der Waals surface area contributed by atoms with Gasteiger partial charge in [0, 0.05) is 6.42 Å². The number of phosphoric ester groups is 1. The standard InChI is InChI=1S/C18H36NO8P/c1-10(2)22-8-16-18(17(19)13(6)26-16)27-28(20,21)23-9-15-14(24-11(3)4)7-12(5)25-15/h10-18H,7-9,19H2,1-6H3,(H,20,21)/p-1/t12-,13-,14?,15+,16+,17?,18-/m0/s1. The maximum absolute atomic E-state index is 12.4. The highest BCUT2D eigenvalue weighted by Gasteiger charge is 2.44. The third kappa shape index (κ3) is 7.00. The number of ether oxygens (including phenoxy) is 4. The van der Waals surface area contributed by atoms with Crippen LogP contribution in [0.15, 0.2) is 0 Å². The highest BCUT2D eigenvalue weighted by Crippen LogP contribution is 2.44. The number of rotatable bonds is 10. The summed E-state index contributed by atoms with van der Waals surface area (Å²) in [4.78, 5) is 12.4. The molecule has 2 fully saturated rings. The van der Waals surface area contributed by atoms with Crippen LogP contribution in [0.25, 0.3) is 0 Å². The number of nitrogens with two attached hydrogens (primary N) is 1. The Kier molecular flexibility index (Phi) is 8.88. The van der Waals surface area contributed by atoms with Crippen LogP contribution in [-0.2, 0) is 32.6 Å². The number of hydrogen-bond donors (Lipinski definition) is 1. The molecular weight excluding hydrogens is 389 g/mol. The Bertz CT molecular complexity index is 534. The van der Waals surface area contributed by atoms with Crippen LogP contribution < -0.4 is 10.6 Å². The molecule has 0 amide bonds. The maximum atomic E-state index is 12.4. The van der Waals surface area contributed by atoms with Gasteiger partial charge in [-0.3, -0.25) is 4.57 Å². The van der Waals surface area contributed by atoms with E-state index in [-0.39, 0.29) is 43.7 Å². The molecule has 2 aliphatic rings. The normalized spacial score (nSPS) is 38.4. The molecule has 9 nitrogen and oxygen atoms in total. The first kappa shape index (κ1) is 24.2. The molecule has 2 N–H and O–H groups in total. The molecule has 3 unspecified atom stereocenters. The lowest BCUT2D eigenvalue weighted by molar-refractivity contribution is -0.235. The van der Waals surface area contributed by atoms with E-state index < -0.39 is 32.2 Å². The van der Waals surface area contributed by atoms with Crippen molar-refractivity contribution < 1.29 is 37.5 Å². The van der Waals surface area contributed by atoms with E-state index in [0.29, 0.717) is 6.42 Å². The van der Waals surface area contributed by atoms with Crippen LogP contribution in [0.5, 0.6) is 0 Å². The quantitative estimate of drug-likeness (QED) is 0.518. The molecule has 0 saturated carbocycles. The Morgan fingerprint density at radius 1 is 1.11 bits per heavy atom. The van der Waals surface area contributed by atoms with E-state index in [0.717, 1.165) is 0 Å². The molecule has 10 heteroatoms. The fourth-order valence-corrected chi connectivity index (χ4v) is 4.39. The minimum atomic E-state index is -4.62. The molecule has 0 aromatic rings. The molecule has 0 bridgehead atoms. The van der Waals surface area contributed by atoms with E-state index in [1.807, 2.05) is 34.6 Å². The van der Waals surface area contributed by atoms with E-state index in [9.17, 15) is 9.46 Å². The smallest absolute Gasteiger partial charge is 0.268 e. The monoisotopic (exact) mass is 424 g/mol. The predicted molar refractivity (Wildman–Crippen MR) is 101 cm³/mol. The van der Waals surface area contributed by atoms with Crippen molar-refractivity contribution in [1.82, 2.24) is 0 Å². The molecule has 0 spiro atoms. The minimum absolute atomic E-state index is 0.00791. The minimum Gasteiger partial charge on any atom is -0.756 e. The second-order valence-corrected chi connectivity index (χ2v) is 9.46. The molecule has 0 aliphatic carbocycles. The molecule has 0 radical (unpaired) electrons. The van der Waals surface area contributed by atoms with Gasteiger partial charge in [-0.1, -0.05) is 0 Å². The third-order valence-electron chi connectivity index (χ3n) is 4.75. The van der Waals surface area contributed by atoms with E-state index in [1.54, 1.807) is 6.92 Å². The molecule has 166 valence electrons. The summed E-state index contributed by atoms with van der Waals surface area (Å²) in [5.41, 5.74) is 6.07. The van der Waals surface area contributed by atoms with Crippen LogP contribution in [0.2, 0.25) is 0 Å². The molecule has 2 saturated heterocycles. The fraction of sp³-hybridized carbons (Fsp3) is 1.00. The molecule has 2 rings (SSSR count). The Labute approximate surface area is 167 Å². The fourth-order valence-electron chi connectivity index (χ4n) is 3.42. The molecule has 28 heavy (non-hydrogen) atoms. The van der Waals surface area contributed by atoms with Gasteiger partial charge in [0.15, 0.2) is 0 Å². The zero-order valence-electron chi connectivity index (χ0n) is 17.6. The second-order valence-electron chi connectivity index (χ2n) is 8.10. The lowest BCUT2D eigenvalue weighted by Gasteiger charge is -2.31. The molecule has 2 heterocycles. The van der Waals surface area contributed by atoms with Gasteiger partial charge in [0.1, 0.15) is 18.3 Å². The van der Waals surface area contributed by atoms with Crippen molar-refractivity contribution >= 4 is 7.82 Å². The van der Waals surface area contributed by atoms with Crippen molar-refractivity contribution in [2.24, 2.45) is 5.73 Å². The van der Waals surface area contributed by atoms with Gasteiger partial charge in [-0.25, -0.2) is 0 Å². The van der Waals surface area contributed by atoms with E-state index in [4.69, 9.17) is 33.7 Å². The summed E-state index contributed by atoms with van der Waals surface area (Å²) in [7, 11) is -4.62. The summed E-state index contributed by atoms with van der Waals surface area (Å²) < 4.78 is 45.6. The molecule has 8 atom stereocenters. The molecule has 0 aromatic heterocycles. The Morgan fingerprint density at radius 3 is 2.39 bits per heavy atom. The summed E-state index contributed by atoms with van der Waals surface area (Å²) in [5, 5.41) is 0. The summed E-state index contributed by atoms with van der Waals surface area (Å²) in [6.45, 7) is 11.3. The highest BCUT2D eigenvalue weighted by atomic mass is 31.2. The highest BCUT2D eigenvalue weighted by molar-refractivity contribution is 7.45. The van der Waals surface area contributed by atoms with Crippen molar-refractivity contribution in [3.8, 4) is 0 Å². The topological polar surface area (TPSA) is 122 Å². The van der Waals surface area contributed by atoms with Crippen molar-refractivity contribution in [2.45, 2.75) is 103 Å². The lowest BCUT2D eigenvalue weighted by atomic mass is 10.1. The first-order valence-electron chi connectivity index (χ1n) is 9.96. The van der Waals surface area contributed by atoms with Crippen molar-refractivity contribution in [2.75, 3.05) is 13.2 Å². The van der Waals surface area contributed by atoms with Gasteiger partial charge in [-0.2, -0.15) is 0 Å². The van der Waals surface area contributed by atoms with Gasteiger partial charge in [0.2, 0.25) is 0 Å². The summed E-state index contributed by atoms with van der Waals surface area (Å²) in [6, 6.07) is -0.605. The Balaban J connectivity index is 1.93. The number of phosphoric acid groups is 1. The average Bonchev–Trinajstić information content (AvgIpc) is 3.04. The van der Waals surface area contributed by atoms with Gasteiger partial charge in [0.05, 0.1) is 49.8 Å². The van der Waals surface area contributed by atoms with Crippen LogP contribution in [-0.4, -0.2) is 68.1 Å². The lowest BCUT2D eigenvalue weighted by Crippen LogP contribution is -2.43. The predicted octanol–water partition coefficient (Wildman–Crippen LogP) is 1.37. The summed E-state index contributed by atoms with van der Waals surface area (Å²) in [5.74, 6) is 0. The SMILES string of the molecule is CC(C)OC[C@H]1O[C@@H](C)C(N)[C@H]1OP(=O)([O-])OC[C@H]1O[C@@H](C)CC1OC(C)C. The van der Waals surface area contributed by atoms with Gasteiger partial charge >= 0.3 is 0 Å². The van der Waals surface area contributed by atoms with Gasteiger partial charge in [-0.15, -0.1) is 0 Å². The first-order chi connectivity index (χ1) is 13.0. The van der Waals surface area contributed by atoms with Crippen LogP contribution in [0.3, 0.4) is 0 Å². The van der Waals surface area contributed by atoms with Crippen LogP contribution in [0.4, 0.5) is 0 Å². The second kappa shape index (κ2) is 10.3. The first-order valence-corrected chi connectivity index (χ1v) is 11.4. The van der Waals surface area contributed by atoms with Gasteiger partial charge in [0.25, 0.3) is 7.82 Å². The van der Waals surface area contributed by atoms with Gasteiger partial charge < -0.3 is 38.6 Å².